The summed E-state index contributed by atoms with van der Waals surface area (Å²) >= 11 is 1.53. The van der Waals surface area contributed by atoms with Crippen molar-refractivity contribution >= 4 is 23.4 Å². The molecule has 1 fully saturated rings. The van der Waals surface area contributed by atoms with E-state index in [-0.39, 0.29) is 6.54 Å². The molecule has 1 aliphatic carbocycles. The number of thiazole rings is 1. The van der Waals surface area contributed by atoms with Gasteiger partial charge in [0.15, 0.2) is 0 Å². The number of carboxylic acids is 1. The third-order valence-electron chi connectivity index (χ3n) is 4.36. The number of hydrogen-bond donors (Lipinski definition) is 2. The van der Waals surface area contributed by atoms with Gasteiger partial charge in [0.2, 0.25) is 0 Å². The molecule has 7 heteroatoms. The van der Waals surface area contributed by atoms with Gasteiger partial charge in [-0.05, 0) is 47.0 Å². The smallest absolute Gasteiger partial charge is 0.407 e. The topological polar surface area (TPSA) is 88.5 Å². The van der Waals surface area contributed by atoms with Crippen molar-refractivity contribution in [3.05, 3.63) is 15.6 Å². The number of amides is 1. The van der Waals surface area contributed by atoms with Crippen LogP contribution in [-0.2, 0) is 16.0 Å². The molecule has 1 aromatic rings. The van der Waals surface area contributed by atoms with Crippen LogP contribution in [0.4, 0.5) is 4.79 Å². The van der Waals surface area contributed by atoms with Gasteiger partial charge in [0.25, 0.3) is 0 Å². The van der Waals surface area contributed by atoms with Gasteiger partial charge in [-0.3, -0.25) is 4.79 Å². The number of aryl methyl sites for hydroxylation is 2. The molecule has 1 atom stereocenters. The molecule has 140 valence electrons. The van der Waals surface area contributed by atoms with Crippen molar-refractivity contribution in [1.29, 1.82) is 0 Å². The lowest BCUT2D eigenvalue weighted by Gasteiger charge is -2.30. The third kappa shape index (κ3) is 5.70. The van der Waals surface area contributed by atoms with E-state index in [1.165, 1.54) is 11.3 Å². The molecule has 0 aromatic carbocycles. The summed E-state index contributed by atoms with van der Waals surface area (Å²) in [7, 11) is 0. The number of carbonyl (C=O) groups excluding carboxylic acids is 1. The van der Waals surface area contributed by atoms with E-state index in [1.807, 2.05) is 13.8 Å². The fourth-order valence-corrected chi connectivity index (χ4v) is 3.86. The maximum Gasteiger partial charge on any atom is 0.407 e. The molecule has 1 aliphatic rings. The standard InChI is InChI=1S/C18H28N2O4S/c1-11-12(2)25-14(20-11)9-18(15(21)22,8-13-6-7-13)10-19-16(23)24-17(3,4)5/h13H,6-10H2,1-5H3,(H,19,23)(H,21,22). The van der Waals surface area contributed by atoms with Gasteiger partial charge in [-0.1, -0.05) is 12.8 Å². The van der Waals surface area contributed by atoms with Crippen molar-refractivity contribution in [2.24, 2.45) is 11.3 Å². The molecule has 2 N–H and O–H groups in total. The van der Waals surface area contributed by atoms with Crippen LogP contribution in [0, 0.1) is 25.2 Å². The van der Waals surface area contributed by atoms with Crippen LogP contribution < -0.4 is 5.32 Å². The molecule has 0 aliphatic heterocycles. The Bertz CT molecular complexity index is 626. The van der Waals surface area contributed by atoms with Crippen LogP contribution >= 0.6 is 11.3 Å². The van der Waals surface area contributed by atoms with Gasteiger partial charge in [0.05, 0.1) is 16.1 Å². The summed E-state index contributed by atoms with van der Waals surface area (Å²) in [6, 6.07) is 0. The monoisotopic (exact) mass is 368 g/mol. The summed E-state index contributed by atoms with van der Waals surface area (Å²) < 4.78 is 5.25. The van der Waals surface area contributed by atoms with E-state index >= 15 is 0 Å². The van der Waals surface area contributed by atoms with Gasteiger partial charge >= 0.3 is 12.1 Å². The van der Waals surface area contributed by atoms with Gasteiger partial charge in [-0.2, -0.15) is 0 Å². The predicted molar refractivity (Wildman–Crippen MR) is 96.9 cm³/mol. The Morgan fingerprint density at radius 1 is 1.32 bits per heavy atom. The number of rotatable bonds is 7. The average molecular weight is 368 g/mol. The van der Waals surface area contributed by atoms with Crippen molar-refractivity contribution in [3.63, 3.8) is 0 Å². The molecule has 0 radical (unpaired) electrons. The second kappa shape index (κ2) is 7.32. The van der Waals surface area contributed by atoms with Crippen LogP contribution in [0.2, 0.25) is 0 Å². The molecular formula is C18H28N2O4S. The maximum absolute atomic E-state index is 12.2. The first-order chi connectivity index (χ1) is 11.5. The minimum absolute atomic E-state index is 0.0470. The molecule has 6 nitrogen and oxygen atoms in total. The summed E-state index contributed by atoms with van der Waals surface area (Å²) in [5, 5.41) is 13.4. The van der Waals surface area contributed by atoms with E-state index in [2.05, 4.69) is 10.3 Å². The Morgan fingerprint density at radius 2 is 1.96 bits per heavy atom. The number of aliphatic carboxylic acids is 1. The minimum Gasteiger partial charge on any atom is -0.481 e. The Kier molecular flexibility index (Phi) is 5.76. The highest BCUT2D eigenvalue weighted by molar-refractivity contribution is 7.11. The first-order valence-electron chi connectivity index (χ1n) is 8.64. The molecule has 1 unspecified atom stereocenters. The number of carboxylic acid groups (broad SMARTS) is 1. The Balaban J connectivity index is 2.15. The van der Waals surface area contributed by atoms with Crippen molar-refractivity contribution in [1.82, 2.24) is 10.3 Å². The average Bonchev–Trinajstić information content (AvgIpc) is 3.20. The molecule has 0 saturated heterocycles. The lowest BCUT2D eigenvalue weighted by molar-refractivity contribution is -0.149. The molecule has 0 bridgehead atoms. The van der Waals surface area contributed by atoms with Crippen LogP contribution in [0.25, 0.3) is 0 Å². The molecule has 25 heavy (non-hydrogen) atoms. The molecule has 1 saturated carbocycles. The van der Waals surface area contributed by atoms with Gasteiger partial charge in [-0.15, -0.1) is 11.3 Å². The molecule has 0 spiro atoms. The number of carbonyl (C=O) groups is 2. The highest BCUT2D eigenvalue weighted by Gasteiger charge is 2.44. The number of aromatic nitrogens is 1. The van der Waals surface area contributed by atoms with Gasteiger partial charge in [0.1, 0.15) is 5.60 Å². The van der Waals surface area contributed by atoms with Crippen LogP contribution in [0.3, 0.4) is 0 Å². The predicted octanol–water partition coefficient (Wildman–Crippen LogP) is 3.70. The maximum atomic E-state index is 12.2. The molecular weight excluding hydrogens is 340 g/mol. The zero-order valence-corrected chi connectivity index (χ0v) is 16.5. The number of alkyl carbamates (subject to hydrolysis) is 1. The highest BCUT2D eigenvalue weighted by Crippen LogP contribution is 2.42. The van der Waals surface area contributed by atoms with Gasteiger partial charge < -0.3 is 15.2 Å². The summed E-state index contributed by atoms with van der Waals surface area (Å²) in [5.74, 6) is -0.473. The largest absolute Gasteiger partial charge is 0.481 e. The van der Waals surface area contributed by atoms with Crippen LogP contribution in [-0.4, -0.2) is 34.3 Å². The van der Waals surface area contributed by atoms with Crippen molar-refractivity contribution in [2.75, 3.05) is 6.54 Å². The van der Waals surface area contributed by atoms with Crippen LogP contribution in [0.15, 0.2) is 0 Å². The Hall–Kier alpha value is -1.63. The number of nitrogens with zero attached hydrogens (tertiary/aromatic N) is 1. The SMILES string of the molecule is Cc1nc(CC(CNC(=O)OC(C)(C)C)(CC2CC2)C(=O)O)sc1C. The minimum atomic E-state index is -1.05. The van der Waals surface area contributed by atoms with Crippen LogP contribution in [0.5, 0.6) is 0 Å². The quantitative estimate of drug-likeness (QED) is 0.766. The third-order valence-corrected chi connectivity index (χ3v) is 5.44. The number of ether oxygens (including phenoxy) is 1. The van der Waals surface area contributed by atoms with Crippen molar-refractivity contribution in [3.8, 4) is 0 Å². The zero-order chi connectivity index (χ0) is 18.8. The number of nitrogens with one attached hydrogen (secondary N) is 1. The summed E-state index contributed by atoms with van der Waals surface area (Å²) in [6.07, 6.45) is 2.40. The Labute approximate surface area is 153 Å². The molecule has 1 amide bonds. The number of hydrogen-bond acceptors (Lipinski definition) is 5. The van der Waals surface area contributed by atoms with Gasteiger partial charge in [-0.25, -0.2) is 9.78 Å². The van der Waals surface area contributed by atoms with E-state index in [1.54, 1.807) is 20.8 Å². The van der Waals surface area contributed by atoms with Crippen LogP contribution in [0.1, 0.15) is 55.6 Å². The Morgan fingerprint density at radius 3 is 2.40 bits per heavy atom. The van der Waals surface area contributed by atoms with Crippen molar-refractivity contribution in [2.45, 2.75) is 65.9 Å². The molecule has 2 rings (SSSR count). The molecule has 1 aromatic heterocycles. The van der Waals surface area contributed by atoms with Gasteiger partial charge in [0, 0.05) is 17.8 Å². The fourth-order valence-electron chi connectivity index (χ4n) is 2.78. The fraction of sp³-hybridized carbons (Fsp3) is 0.722. The van der Waals surface area contributed by atoms with Crippen molar-refractivity contribution < 1.29 is 19.4 Å². The van der Waals surface area contributed by atoms with E-state index in [0.717, 1.165) is 28.4 Å². The second-order valence-corrected chi connectivity index (χ2v) is 9.30. The second-order valence-electron chi connectivity index (χ2n) is 8.01. The normalized spacial score (nSPS) is 17.0. The van der Waals surface area contributed by atoms with E-state index in [0.29, 0.717) is 18.8 Å². The van der Waals surface area contributed by atoms with E-state index < -0.39 is 23.1 Å². The summed E-state index contributed by atoms with van der Waals surface area (Å²) in [4.78, 5) is 29.8. The molecule has 1 heterocycles. The lowest BCUT2D eigenvalue weighted by Crippen LogP contribution is -2.46. The summed E-state index contributed by atoms with van der Waals surface area (Å²) in [5.41, 5.74) is -0.726. The first kappa shape index (κ1) is 19.7. The lowest BCUT2D eigenvalue weighted by atomic mass is 9.79. The summed E-state index contributed by atoms with van der Waals surface area (Å²) in [6.45, 7) is 9.30. The highest BCUT2D eigenvalue weighted by atomic mass is 32.1. The first-order valence-corrected chi connectivity index (χ1v) is 9.45. The zero-order valence-electron chi connectivity index (χ0n) is 15.6. The van der Waals surface area contributed by atoms with E-state index in [9.17, 15) is 14.7 Å². The van der Waals surface area contributed by atoms with E-state index in [4.69, 9.17) is 4.74 Å².